The summed E-state index contributed by atoms with van der Waals surface area (Å²) in [5, 5.41) is 9.80. The quantitative estimate of drug-likeness (QED) is 0.339. The van der Waals surface area contributed by atoms with Crippen LogP contribution in [0.2, 0.25) is 5.02 Å². The van der Waals surface area contributed by atoms with Gasteiger partial charge in [0.1, 0.15) is 10.6 Å². The van der Waals surface area contributed by atoms with Crippen LogP contribution in [0.5, 0.6) is 5.75 Å². The molecule has 0 saturated heterocycles. The second-order valence-electron chi connectivity index (χ2n) is 5.60. The fourth-order valence-electron chi connectivity index (χ4n) is 2.36. The first-order chi connectivity index (χ1) is 13.0. The molecule has 6 heteroatoms. The molecule has 0 atom stereocenters. The zero-order valence-electron chi connectivity index (χ0n) is 14.0. The lowest BCUT2D eigenvalue weighted by Gasteiger charge is -2.07. The van der Waals surface area contributed by atoms with Crippen LogP contribution in [-0.4, -0.2) is 8.42 Å². The third kappa shape index (κ3) is 4.76. The summed E-state index contributed by atoms with van der Waals surface area (Å²) in [4.78, 5) is 0.0201. The van der Waals surface area contributed by atoms with Gasteiger partial charge in [0.15, 0.2) is 0 Å². The summed E-state index contributed by atoms with van der Waals surface area (Å²) in [6.45, 7) is 0. The van der Waals surface area contributed by atoms with Gasteiger partial charge in [0.05, 0.1) is 11.6 Å². The van der Waals surface area contributed by atoms with Crippen molar-refractivity contribution in [2.45, 2.75) is 4.90 Å². The highest BCUT2D eigenvalue weighted by atomic mass is 35.5. The van der Waals surface area contributed by atoms with Crippen LogP contribution in [-0.2, 0) is 10.1 Å². The molecule has 3 aromatic rings. The van der Waals surface area contributed by atoms with Gasteiger partial charge >= 0.3 is 10.1 Å². The molecule has 0 spiro atoms. The van der Waals surface area contributed by atoms with E-state index in [1.807, 2.05) is 30.3 Å². The first kappa shape index (κ1) is 18.7. The highest BCUT2D eigenvalue weighted by molar-refractivity contribution is 7.87. The van der Waals surface area contributed by atoms with Crippen molar-refractivity contribution in [1.29, 1.82) is 5.26 Å². The molecule has 4 nitrogen and oxygen atoms in total. The van der Waals surface area contributed by atoms with Crippen molar-refractivity contribution in [2.24, 2.45) is 0 Å². The molecule has 0 amide bonds. The SMILES string of the molecule is N#C/C(=C\c1ccc(OS(=O)(=O)c2ccc(Cl)cc2)cc1)c1ccccc1. The fourth-order valence-corrected chi connectivity index (χ4v) is 3.42. The molecular formula is C21H14ClNO3S. The zero-order valence-corrected chi connectivity index (χ0v) is 15.6. The lowest BCUT2D eigenvalue weighted by Crippen LogP contribution is -2.09. The largest absolute Gasteiger partial charge is 0.379 e. The Balaban J connectivity index is 1.80. The average molecular weight is 396 g/mol. The standard InChI is InChI=1S/C21H14ClNO3S/c22-19-8-12-21(13-9-19)27(24,25)26-20-10-6-16(7-11-20)14-18(15-23)17-4-2-1-3-5-17/h1-14H/b18-14+. The van der Waals surface area contributed by atoms with Gasteiger partial charge in [-0.3, -0.25) is 0 Å². The molecule has 0 unspecified atom stereocenters. The maximum absolute atomic E-state index is 12.3. The molecule has 0 aliphatic heterocycles. The molecule has 0 saturated carbocycles. The summed E-state index contributed by atoms with van der Waals surface area (Å²) in [7, 11) is -3.94. The summed E-state index contributed by atoms with van der Waals surface area (Å²) in [5.74, 6) is 0.181. The number of hydrogen-bond acceptors (Lipinski definition) is 4. The van der Waals surface area contributed by atoms with Crippen molar-refractivity contribution >= 4 is 33.4 Å². The van der Waals surface area contributed by atoms with Crippen LogP contribution >= 0.6 is 11.6 Å². The summed E-state index contributed by atoms with van der Waals surface area (Å²) < 4.78 is 29.7. The molecular weight excluding hydrogens is 382 g/mol. The zero-order chi connectivity index (χ0) is 19.3. The van der Waals surface area contributed by atoms with Crippen LogP contribution in [0.1, 0.15) is 11.1 Å². The Morgan fingerprint density at radius 2 is 1.56 bits per heavy atom. The van der Waals surface area contributed by atoms with Crippen molar-refractivity contribution < 1.29 is 12.6 Å². The Bertz CT molecular complexity index is 1100. The van der Waals surface area contributed by atoms with Crippen molar-refractivity contribution in [3.05, 3.63) is 95.0 Å². The third-order valence-electron chi connectivity index (χ3n) is 3.70. The van der Waals surface area contributed by atoms with E-state index in [-0.39, 0.29) is 10.6 Å². The molecule has 27 heavy (non-hydrogen) atoms. The number of halogens is 1. The Morgan fingerprint density at radius 1 is 0.926 bits per heavy atom. The molecule has 134 valence electrons. The minimum atomic E-state index is -3.94. The van der Waals surface area contributed by atoms with Crippen LogP contribution in [0.15, 0.2) is 83.8 Å². The van der Waals surface area contributed by atoms with Crippen LogP contribution in [0.4, 0.5) is 0 Å². The van der Waals surface area contributed by atoms with Gasteiger partial charge in [-0.15, -0.1) is 0 Å². The number of nitriles is 1. The van der Waals surface area contributed by atoms with E-state index in [0.29, 0.717) is 10.6 Å². The second-order valence-corrected chi connectivity index (χ2v) is 7.58. The maximum atomic E-state index is 12.3. The van der Waals surface area contributed by atoms with E-state index < -0.39 is 10.1 Å². The third-order valence-corrected chi connectivity index (χ3v) is 5.22. The number of rotatable bonds is 5. The highest BCUT2D eigenvalue weighted by Crippen LogP contribution is 2.23. The molecule has 0 heterocycles. The number of hydrogen-bond donors (Lipinski definition) is 0. The van der Waals surface area contributed by atoms with Gasteiger partial charge in [0.2, 0.25) is 0 Å². The van der Waals surface area contributed by atoms with E-state index in [9.17, 15) is 13.7 Å². The summed E-state index contributed by atoms with van der Waals surface area (Å²) in [6, 6.07) is 23.7. The molecule has 3 aromatic carbocycles. The van der Waals surface area contributed by atoms with Gasteiger partial charge in [0, 0.05) is 5.02 Å². The monoisotopic (exact) mass is 395 g/mol. The Labute approximate surface area is 163 Å². The Kier molecular flexibility index (Phi) is 5.60. The smallest absolute Gasteiger partial charge is 0.339 e. The number of allylic oxidation sites excluding steroid dienone is 1. The fraction of sp³-hybridized carbons (Fsp3) is 0. The van der Waals surface area contributed by atoms with Gasteiger partial charge in [-0.2, -0.15) is 13.7 Å². The predicted octanol–water partition coefficient (Wildman–Crippen LogP) is 5.17. The van der Waals surface area contributed by atoms with Gasteiger partial charge < -0.3 is 4.18 Å². The molecule has 0 aliphatic rings. The van der Waals surface area contributed by atoms with Crippen LogP contribution < -0.4 is 4.18 Å². The Morgan fingerprint density at radius 3 is 2.15 bits per heavy atom. The van der Waals surface area contributed by atoms with Gasteiger partial charge in [-0.25, -0.2) is 0 Å². The first-order valence-electron chi connectivity index (χ1n) is 7.95. The molecule has 0 aliphatic carbocycles. The highest BCUT2D eigenvalue weighted by Gasteiger charge is 2.16. The second kappa shape index (κ2) is 8.09. The predicted molar refractivity (Wildman–Crippen MR) is 106 cm³/mol. The average Bonchev–Trinajstić information content (AvgIpc) is 2.68. The number of nitrogens with zero attached hydrogens (tertiary/aromatic N) is 1. The summed E-state index contributed by atoms with van der Waals surface area (Å²) >= 11 is 5.77. The van der Waals surface area contributed by atoms with E-state index in [0.717, 1.165) is 11.1 Å². The molecule has 3 rings (SSSR count). The lowest BCUT2D eigenvalue weighted by atomic mass is 10.0. The maximum Gasteiger partial charge on any atom is 0.339 e. The van der Waals surface area contributed by atoms with E-state index in [4.69, 9.17) is 15.8 Å². The van der Waals surface area contributed by atoms with Gasteiger partial charge in [-0.05, 0) is 53.6 Å². The van der Waals surface area contributed by atoms with Crippen molar-refractivity contribution in [3.8, 4) is 11.8 Å². The van der Waals surface area contributed by atoms with E-state index >= 15 is 0 Å². The van der Waals surface area contributed by atoms with Crippen molar-refractivity contribution in [2.75, 3.05) is 0 Å². The minimum absolute atomic E-state index is 0.0201. The summed E-state index contributed by atoms with van der Waals surface area (Å²) in [5.41, 5.74) is 2.08. The molecule has 0 fully saturated rings. The topological polar surface area (TPSA) is 67.2 Å². The van der Waals surface area contributed by atoms with Crippen LogP contribution in [0.3, 0.4) is 0 Å². The van der Waals surface area contributed by atoms with Crippen LogP contribution in [0, 0.1) is 11.3 Å². The lowest BCUT2D eigenvalue weighted by molar-refractivity contribution is 0.486. The molecule has 0 aromatic heterocycles. The van der Waals surface area contributed by atoms with Crippen molar-refractivity contribution in [1.82, 2.24) is 0 Å². The molecule has 0 radical (unpaired) electrons. The van der Waals surface area contributed by atoms with Gasteiger partial charge in [-0.1, -0.05) is 54.1 Å². The van der Waals surface area contributed by atoms with E-state index in [1.54, 1.807) is 30.3 Å². The van der Waals surface area contributed by atoms with Crippen molar-refractivity contribution in [3.63, 3.8) is 0 Å². The van der Waals surface area contributed by atoms with E-state index in [1.165, 1.54) is 24.3 Å². The van der Waals surface area contributed by atoms with Crippen LogP contribution in [0.25, 0.3) is 11.6 Å². The van der Waals surface area contributed by atoms with E-state index in [2.05, 4.69) is 6.07 Å². The normalized spacial score (nSPS) is 11.6. The molecule has 0 N–H and O–H groups in total. The molecule has 0 bridgehead atoms. The van der Waals surface area contributed by atoms with Gasteiger partial charge in [0.25, 0.3) is 0 Å². The Hall–Kier alpha value is -3.07. The summed E-state index contributed by atoms with van der Waals surface area (Å²) in [6.07, 6.45) is 1.73. The number of benzene rings is 3. The first-order valence-corrected chi connectivity index (χ1v) is 9.74. The minimum Gasteiger partial charge on any atom is -0.379 e.